The molecule has 3 aliphatic heterocycles. The van der Waals surface area contributed by atoms with Gasteiger partial charge in [0.15, 0.2) is 5.78 Å². The Labute approximate surface area is 502 Å². The Morgan fingerprint density at radius 2 is 1.76 bits per heavy atom. The third kappa shape index (κ3) is 16.9. The summed E-state index contributed by atoms with van der Waals surface area (Å²) in [6, 6.07) is 8.39. The first-order valence-electron chi connectivity index (χ1n) is 29.5. The molecular formula is C63H84ClN7O14. The number of aromatic nitrogens is 1. The number of fused-ring (bicyclic) bond motifs is 6. The van der Waals surface area contributed by atoms with E-state index in [1.807, 2.05) is 26.8 Å². The highest BCUT2D eigenvalue weighted by molar-refractivity contribution is 6.35. The molecule has 0 unspecified atom stereocenters. The predicted molar refractivity (Wildman–Crippen MR) is 320 cm³/mol. The number of nitrogens with one attached hydrogen (secondary N) is 4. The molecule has 1 saturated carbocycles. The Morgan fingerprint density at radius 3 is 2.46 bits per heavy atom. The number of ketones is 2. The number of hydrogen-bond donors (Lipinski definition) is 6. The number of hydrogen-bond acceptors (Lipinski definition) is 15. The number of anilines is 2. The number of nitrogens with two attached hydrogens (primary N) is 1. The summed E-state index contributed by atoms with van der Waals surface area (Å²) in [5.41, 5.74) is 5.47. The Bertz CT molecular complexity index is 3020. The summed E-state index contributed by atoms with van der Waals surface area (Å²) in [4.78, 5) is 114. The molecule has 462 valence electrons. The molecule has 0 radical (unpaired) electrons. The zero-order chi connectivity index (χ0) is 61.8. The molecular weight excluding hydrogens is 1110 g/mol. The number of halogens is 1. The number of primary amides is 1. The van der Waals surface area contributed by atoms with E-state index in [0.717, 1.165) is 43.2 Å². The van der Waals surface area contributed by atoms with E-state index in [1.54, 1.807) is 69.4 Å². The van der Waals surface area contributed by atoms with Gasteiger partial charge in [-0.1, -0.05) is 75.1 Å². The topological polar surface area (TPSA) is 297 Å². The van der Waals surface area contributed by atoms with Gasteiger partial charge in [-0.15, -0.1) is 0 Å². The minimum absolute atomic E-state index is 0.00158. The maximum absolute atomic E-state index is 14.6. The molecule has 4 heterocycles. The number of epoxide rings is 1. The van der Waals surface area contributed by atoms with Crippen molar-refractivity contribution in [1.29, 1.82) is 0 Å². The summed E-state index contributed by atoms with van der Waals surface area (Å²) >= 11 is 6.88. The molecule has 9 atom stereocenters. The van der Waals surface area contributed by atoms with Crippen LogP contribution < -0.4 is 36.6 Å². The average Bonchev–Trinajstić information content (AvgIpc) is 1.64. The smallest absolute Gasteiger partial charge is 0.412 e. The largest absolute Gasteiger partial charge is 0.495 e. The van der Waals surface area contributed by atoms with Gasteiger partial charge in [0, 0.05) is 82.3 Å². The van der Waals surface area contributed by atoms with Crippen molar-refractivity contribution in [3.8, 4) is 5.75 Å². The van der Waals surface area contributed by atoms with Crippen LogP contribution in [-0.2, 0) is 60.6 Å². The molecule has 2 aromatic carbocycles. The van der Waals surface area contributed by atoms with Gasteiger partial charge in [-0.05, 0) is 106 Å². The fourth-order valence-electron chi connectivity index (χ4n) is 11.7. The zero-order valence-electron chi connectivity index (χ0n) is 50.1. The second-order valence-corrected chi connectivity index (χ2v) is 24.1. The Kier molecular flexibility index (Phi) is 22.7. The number of allylic oxidation sites excluding steroid dienone is 3. The first-order chi connectivity index (χ1) is 40.4. The quantitative estimate of drug-likeness (QED) is 0.0298. The van der Waals surface area contributed by atoms with E-state index in [4.69, 9.17) is 41.0 Å². The molecule has 7 rings (SSSR count). The molecule has 2 saturated heterocycles. The molecule has 4 bridgehead atoms. The second kappa shape index (κ2) is 29.4. The number of carbonyl (C=O) groups is 8. The number of benzene rings is 2. The number of amides is 6. The number of methoxy groups -OCH3 is 2. The highest BCUT2D eigenvalue weighted by atomic mass is 35.5. The first kappa shape index (κ1) is 65.6. The number of pyridine rings is 1. The van der Waals surface area contributed by atoms with E-state index in [-0.39, 0.29) is 85.1 Å². The fourth-order valence-corrected chi connectivity index (χ4v) is 12.0. The lowest BCUT2D eigenvalue weighted by atomic mass is 9.78. The van der Waals surface area contributed by atoms with Crippen molar-refractivity contribution in [2.24, 2.45) is 29.4 Å². The first-order valence-corrected chi connectivity index (χ1v) is 29.9. The van der Waals surface area contributed by atoms with Crippen molar-refractivity contribution in [3.05, 3.63) is 82.5 Å². The maximum Gasteiger partial charge on any atom is 0.412 e. The van der Waals surface area contributed by atoms with Gasteiger partial charge in [0.25, 0.3) is 0 Å². The number of urea groups is 1. The van der Waals surface area contributed by atoms with Crippen LogP contribution in [0, 0.1) is 23.7 Å². The molecule has 85 heavy (non-hydrogen) atoms. The zero-order valence-corrected chi connectivity index (χ0v) is 50.9. The van der Waals surface area contributed by atoms with E-state index in [1.165, 1.54) is 25.3 Å². The normalized spacial score (nSPS) is 25.2. The van der Waals surface area contributed by atoms with Crippen molar-refractivity contribution in [3.63, 3.8) is 0 Å². The van der Waals surface area contributed by atoms with Gasteiger partial charge >= 0.3 is 18.1 Å². The number of carbonyl (C=O) groups excluding carboxylic acids is 8. The van der Waals surface area contributed by atoms with Crippen LogP contribution in [0.25, 0.3) is 10.9 Å². The van der Waals surface area contributed by atoms with E-state index >= 15 is 0 Å². The number of aliphatic hydroxyl groups is 1. The van der Waals surface area contributed by atoms with Gasteiger partial charge < -0.3 is 55.4 Å². The van der Waals surface area contributed by atoms with Crippen LogP contribution in [0.3, 0.4) is 0 Å². The lowest BCUT2D eigenvalue weighted by Gasteiger charge is -2.41. The van der Waals surface area contributed by atoms with Gasteiger partial charge in [0.1, 0.15) is 46.1 Å². The van der Waals surface area contributed by atoms with Crippen molar-refractivity contribution in [2.45, 2.75) is 173 Å². The molecule has 7 N–H and O–H groups in total. The number of nitrogens with zero attached hydrogens (tertiary/aromatic N) is 2. The van der Waals surface area contributed by atoms with Crippen molar-refractivity contribution < 1.29 is 67.1 Å². The van der Waals surface area contributed by atoms with Crippen molar-refractivity contribution in [1.82, 2.24) is 20.9 Å². The van der Waals surface area contributed by atoms with Gasteiger partial charge in [-0.2, -0.15) is 0 Å². The molecule has 3 aromatic rings. The minimum atomic E-state index is -1.65. The standard InChI is InChI=1S/C63H84ClN7O14/c1-36(2)44(32-42(72)19-10-9-11-25-67-58(76)40-17-13-18-40)59(77)69-46(21-15-27-68-60(65)78)48(73)31-41-23-24-45(43-20-14-26-66-56(41)43)70-61(79)84-52-33-53(74)71(6)47-29-39(30-49(81-7)55(47)64)28-37(3)16-12-22-51(82-8)63(80)34-50(83-54(75)35-63)38(4)57-62(52,5)85-57/h12,14,16,20,22-24,26,29-30,36,38,40,44,46,50-52,57,80H,9-11,13,15,17-19,21,25,27-28,31-35H2,1-8H3,(H,67,76)(H,69,77)(H,70,79)(H3,65,68,78)/b22-12+,37-16+/t38-,44+,46+,50+,51-,52+,57+,62+,63-/m1/s1. The molecule has 21 nitrogen and oxygen atoms in total. The van der Waals surface area contributed by atoms with Gasteiger partial charge in [0.2, 0.25) is 17.7 Å². The molecule has 6 amide bonds. The van der Waals surface area contributed by atoms with Gasteiger partial charge in [-0.25, -0.2) is 9.59 Å². The van der Waals surface area contributed by atoms with Crippen LogP contribution in [0.15, 0.2) is 66.4 Å². The lowest BCUT2D eigenvalue weighted by Crippen LogP contribution is -2.53. The highest BCUT2D eigenvalue weighted by Gasteiger charge is 2.64. The molecule has 4 aliphatic rings. The number of Topliss-reactive ketones (excluding diaryl/α,β-unsaturated/α-hetero) is 2. The van der Waals surface area contributed by atoms with Gasteiger partial charge in [0.05, 0.1) is 49.0 Å². The summed E-state index contributed by atoms with van der Waals surface area (Å²) in [7, 11) is 4.49. The van der Waals surface area contributed by atoms with E-state index in [2.05, 4.69) is 26.3 Å². The lowest BCUT2D eigenvalue weighted by molar-refractivity contribution is -0.187. The molecule has 3 fully saturated rings. The van der Waals surface area contributed by atoms with Crippen LogP contribution in [-0.4, -0.2) is 133 Å². The third-order valence-corrected chi connectivity index (χ3v) is 17.5. The van der Waals surface area contributed by atoms with Crippen LogP contribution in [0.2, 0.25) is 5.02 Å². The number of unbranched alkanes of at least 4 members (excludes halogenated alkanes) is 2. The van der Waals surface area contributed by atoms with Crippen LogP contribution in [0.4, 0.5) is 21.0 Å². The summed E-state index contributed by atoms with van der Waals surface area (Å²) in [6.45, 7) is 9.82. The SMILES string of the molecule is COc1cc2cc(c1Cl)N(C)C(=O)C[C@H](OC(=O)Nc1ccc(CC(=O)[C@H](CCCNC(N)=O)NC(=O)[C@@H](CC(=O)CCCCCNC(=O)C3CCC3)C(C)C)c3ncccc13)[C@]1(C)O[C@H]1[C@H](C)[C@@H]1C[C@@](O)(CC(=O)O1)[C@H](OC)/C=C/C=C(\C)C2. The highest BCUT2D eigenvalue weighted by Crippen LogP contribution is 2.50. The maximum atomic E-state index is 14.6. The average molecular weight is 1200 g/mol. The van der Waals surface area contributed by atoms with Gasteiger partial charge in [-0.3, -0.25) is 39.1 Å². The monoisotopic (exact) mass is 1200 g/mol. The Hall–Kier alpha value is -6.94. The minimum Gasteiger partial charge on any atom is -0.495 e. The van der Waals surface area contributed by atoms with Crippen molar-refractivity contribution in [2.75, 3.05) is 44.6 Å². The van der Waals surface area contributed by atoms with E-state index in [9.17, 15) is 43.5 Å². The predicted octanol–water partition coefficient (Wildman–Crippen LogP) is 7.92. The Balaban J connectivity index is 1.09. The molecule has 0 spiro atoms. The fraction of sp³-hybridized carbons (Fsp3) is 0.571. The van der Waals surface area contributed by atoms with Crippen molar-refractivity contribution >= 4 is 81.3 Å². The summed E-state index contributed by atoms with van der Waals surface area (Å²) < 4.78 is 29.9. The second-order valence-electron chi connectivity index (χ2n) is 23.8. The van der Waals surface area contributed by atoms with Crippen LogP contribution in [0.1, 0.15) is 129 Å². The van der Waals surface area contributed by atoms with E-state index in [0.29, 0.717) is 53.7 Å². The number of ether oxygens (including phenoxy) is 5. The summed E-state index contributed by atoms with van der Waals surface area (Å²) in [5.74, 6) is -2.99. The molecule has 1 aromatic heterocycles. The third-order valence-electron chi connectivity index (χ3n) is 17.1. The number of esters is 1. The van der Waals surface area contributed by atoms with Crippen LogP contribution >= 0.6 is 11.6 Å². The van der Waals surface area contributed by atoms with E-state index < -0.39 is 89.8 Å². The Morgan fingerprint density at radius 1 is 1.01 bits per heavy atom. The van der Waals surface area contributed by atoms with Crippen LogP contribution in [0.5, 0.6) is 5.75 Å². The number of rotatable bonds is 23. The molecule has 22 heteroatoms. The summed E-state index contributed by atoms with van der Waals surface area (Å²) in [6.07, 6.45) is 7.44. The molecule has 1 aliphatic carbocycles. The summed E-state index contributed by atoms with van der Waals surface area (Å²) in [5, 5.41) is 23.9.